The lowest BCUT2D eigenvalue weighted by Gasteiger charge is -2.13. The van der Waals surface area contributed by atoms with Crippen molar-refractivity contribution in [3.05, 3.63) is 16.1 Å². The van der Waals surface area contributed by atoms with E-state index in [9.17, 15) is 4.79 Å². The first-order valence-corrected chi connectivity index (χ1v) is 7.25. The summed E-state index contributed by atoms with van der Waals surface area (Å²) in [5.41, 5.74) is 6.89. The molecule has 7 heteroatoms. The fraction of sp³-hybridized carbons (Fsp3) is 0.692. The van der Waals surface area contributed by atoms with Crippen LogP contribution in [-0.4, -0.2) is 16.9 Å². The highest BCUT2D eigenvalue weighted by molar-refractivity contribution is 7.09. The molecular formula is C13H25Cl2N3OS. The average molecular weight is 342 g/mol. The highest BCUT2D eigenvalue weighted by atomic mass is 35.5. The number of hydrogen-bond acceptors (Lipinski definition) is 4. The van der Waals surface area contributed by atoms with E-state index >= 15 is 0 Å². The van der Waals surface area contributed by atoms with Crippen molar-refractivity contribution in [3.63, 3.8) is 0 Å². The summed E-state index contributed by atoms with van der Waals surface area (Å²) in [5.74, 6) is 0.761. The molecule has 1 aromatic heterocycles. The summed E-state index contributed by atoms with van der Waals surface area (Å²) >= 11 is 1.58. The minimum Gasteiger partial charge on any atom is -0.348 e. The van der Waals surface area contributed by atoms with Crippen LogP contribution in [0.15, 0.2) is 5.38 Å². The summed E-state index contributed by atoms with van der Waals surface area (Å²) in [6.45, 7) is 8.81. The van der Waals surface area contributed by atoms with Gasteiger partial charge in [-0.3, -0.25) is 4.79 Å². The molecule has 0 bridgehead atoms. The van der Waals surface area contributed by atoms with Crippen molar-refractivity contribution in [2.24, 2.45) is 11.7 Å². The third-order valence-corrected chi connectivity index (χ3v) is 3.50. The molecule has 0 aliphatic rings. The molecule has 0 saturated heterocycles. The third kappa shape index (κ3) is 7.43. The topological polar surface area (TPSA) is 68.0 Å². The average Bonchev–Trinajstić information content (AvgIpc) is 2.73. The first-order chi connectivity index (χ1) is 8.40. The Kier molecular flexibility index (Phi) is 11.4. The quantitative estimate of drug-likeness (QED) is 0.835. The number of nitrogens with two attached hydrogens (primary N) is 1. The van der Waals surface area contributed by atoms with Crippen molar-refractivity contribution < 1.29 is 4.79 Å². The zero-order valence-corrected chi connectivity index (χ0v) is 14.8. The first-order valence-electron chi connectivity index (χ1n) is 6.37. The van der Waals surface area contributed by atoms with Gasteiger partial charge in [-0.2, -0.15) is 0 Å². The zero-order chi connectivity index (χ0) is 13.7. The van der Waals surface area contributed by atoms with E-state index in [2.05, 4.69) is 38.0 Å². The number of aromatic nitrogens is 1. The van der Waals surface area contributed by atoms with Gasteiger partial charge < -0.3 is 11.1 Å². The molecule has 1 heterocycles. The van der Waals surface area contributed by atoms with Gasteiger partial charge in [-0.15, -0.1) is 36.2 Å². The zero-order valence-electron chi connectivity index (χ0n) is 12.4. The molecule has 1 aromatic rings. The Balaban J connectivity index is 0. The molecule has 0 radical (unpaired) electrons. The molecule has 118 valence electrons. The first kappa shape index (κ1) is 21.9. The van der Waals surface area contributed by atoms with Crippen LogP contribution >= 0.6 is 36.2 Å². The van der Waals surface area contributed by atoms with Crippen molar-refractivity contribution >= 4 is 42.1 Å². The molecule has 0 saturated carbocycles. The van der Waals surface area contributed by atoms with Crippen LogP contribution in [-0.2, 0) is 11.3 Å². The van der Waals surface area contributed by atoms with E-state index in [4.69, 9.17) is 5.73 Å². The molecule has 20 heavy (non-hydrogen) atoms. The molecule has 1 atom stereocenters. The predicted molar refractivity (Wildman–Crippen MR) is 90.0 cm³/mol. The highest BCUT2D eigenvalue weighted by Gasteiger charge is 2.15. The van der Waals surface area contributed by atoms with Crippen molar-refractivity contribution in [2.75, 3.05) is 0 Å². The number of thiazole rings is 1. The second-order valence-corrected chi connectivity index (χ2v) is 6.22. The third-order valence-electron chi connectivity index (χ3n) is 2.64. The SMILES string of the molecule is CC(C)C[C@H](N)C(=O)NCc1nc(C(C)C)cs1.Cl.Cl. The number of carbonyl (C=O) groups excluding carboxylic acids is 1. The lowest BCUT2D eigenvalue weighted by Crippen LogP contribution is -2.41. The molecule has 3 N–H and O–H groups in total. The Hall–Kier alpha value is -0.360. The van der Waals surface area contributed by atoms with Crippen LogP contribution in [0.2, 0.25) is 0 Å². The van der Waals surface area contributed by atoms with Gasteiger partial charge in [0.25, 0.3) is 0 Å². The largest absolute Gasteiger partial charge is 0.348 e. The van der Waals surface area contributed by atoms with Gasteiger partial charge >= 0.3 is 0 Å². The number of halogens is 2. The monoisotopic (exact) mass is 341 g/mol. The summed E-state index contributed by atoms with van der Waals surface area (Å²) < 4.78 is 0. The molecule has 0 spiro atoms. The summed E-state index contributed by atoms with van der Waals surface area (Å²) in [4.78, 5) is 16.2. The molecule has 0 aliphatic heterocycles. The van der Waals surface area contributed by atoms with Gasteiger partial charge in [-0.05, 0) is 18.3 Å². The number of hydrogen-bond donors (Lipinski definition) is 2. The summed E-state index contributed by atoms with van der Waals surface area (Å²) in [5, 5.41) is 5.82. The fourth-order valence-electron chi connectivity index (χ4n) is 1.58. The minimum absolute atomic E-state index is 0. The van der Waals surface area contributed by atoms with Gasteiger partial charge in [0.05, 0.1) is 18.3 Å². The van der Waals surface area contributed by atoms with Crippen LogP contribution in [0.4, 0.5) is 0 Å². The van der Waals surface area contributed by atoms with Gasteiger partial charge in [0.1, 0.15) is 5.01 Å². The minimum atomic E-state index is -0.422. The Morgan fingerprint density at radius 2 is 1.95 bits per heavy atom. The molecule has 0 aliphatic carbocycles. The van der Waals surface area contributed by atoms with E-state index < -0.39 is 6.04 Å². The molecule has 0 fully saturated rings. The Labute approximate surface area is 137 Å². The Morgan fingerprint density at radius 1 is 1.35 bits per heavy atom. The van der Waals surface area contributed by atoms with E-state index in [1.807, 2.05) is 5.38 Å². The maximum absolute atomic E-state index is 11.7. The smallest absolute Gasteiger partial charge is 0.237 e. The van der Waals surface area contributed by atoms with Crippen molar-refractivity contribution in [1.29, 1.82) is 0 Å². The number of amides is 1. The van der Waals surface area contributed by atoms with Gasteiger partial charge in [-0.25, -0.2) is 4.98 Å². The van der Waals surface area contributed by atoms with E-state index in [-0.39, 0.29) is 30.7 Å². The molecule has 4 nitrogen and oxygen atoms in total. The predicted octanol–water partition coefficient (Wildman–Crippen LogP) is 3.10. The highest BCUT2D eigenvalue weighted by Crippen LogP contribution is 2.17. The second-order valence-electron chi connectivity index (χ2n) is 5.27. The van der Waals surface area contributed by atoms with Gasteiger partial charge in [-0.1, -0.05) is 27.7 Å². The van der Waals surface area contributed by atoms with Crippen LogP contribution in [0.5, 0.6) is 0 Å². The number of nitrogens with one attached hydrogen (secondary N) is 1. The van der Waals surface area contributed by atoms with Crippen LogP contribution in [0.25, 0.3) is 0 Å². The van der Waals surface area contributed by atoms with Gasteiger partial charge in [0, 0.05) is 5.38 Å². The summed E-state index contributed by atoms with van der Waals surface area (Å²) in [7, 11) is 0. The second kappa shape index (κ2) is 10.4. The van der Waals surface area contributed by atoms with E-state index in [1.54, 1.807) is 11.3 Å². The van der Waals surface area contributed by atoms with Gasteiger partial charge in [0.15, 0.2) is 0 Å². The lowest BCUT2D eigenvalue weighted by molar-refractivity contribution is -0.122. The molecule has 1 rings (SSSR count). The van der Waals surface area contributed by atoms with Crippen LogP contribution in [0.3, 0.4) is 0 Å². The maximum Gasteiger partial charge on any atom is 0.237 e. The van der Waals surface area contributed by atoms with E-state index in [0.29, 0.717) is 24.8 Å². The number of carbonyl (C=O) groups is 1. The molecule has 0 aromatic carbocycles. The molecule has 0 unspecified atom stereocenters. The number of rotatable bonds is 6. The van der Waals surface area contributed by atoms with E-state index in [0.717, 1.165) is 10.7 Å². The van der Waals surface area contributed by atoms with Crippen molar-refractivity contribution in [1.82, 2.24) is 10.3 Å². The number of nitrogens with zero attached hydrogens (tertiary/aromatic N) is 1. The normalized spacial score (nSPS) is 11.8. The Bertz CT molecular complexity index is 397. The van der Waals surface area contributed by atoms with Crippen molar-refractivity contribution in [2.45, 2.75) is 52.6 Å². The standard InChI is InChI=1S/C13H23N3OS.2ClH/c1-8(2)5-10(14)13(17)15-6-12-16-11(7-18-12)9(3)4;;/h7-10H,5-6,14H2,1-4H3,(H,15,17);2*1H/t10-;;/m0../s1. The Morgan fingerprint density at radius 3 is 2.40 bits per heavy atom. The van der Waals surface area contributed by atoms with Crippen LogP contribution in [0.1, 0.15) is 50.7 Å². The van der Waals surface area contributed by atoms with Gasteiger partial charge in [0.2, 0.25) is 5.91 Å². The van der Waals surface area contributed by atoms with E-state index in [1.165, 1.54) is 0 Å². The fourth-order valence-corrected chi connectivity index (χ4v) is 2.48. The van der Waals surface area contributed by atoms with Crippen LogP contribution < -0.4 is 11.1 Å². The summed E-state index contributed by atoms with van der Waals surface area (Å²) in [6, 6.07) is -0.422. The molecule has 1 amide bonds. The lowest BCUT2D eigenvalue weighted by atomic mass is 10.0. The molecular weight excluding hydrogens is 317 g/mol. The van der Waals surface area contributed by atoms with Crippen LogP contribution in [0, 0.1) is 5.92 Å². The summed E-state index contributed by atoms with van der Waals surface area (Å²) in [6.07, 6.45) is 0.709. The maximum atomic E-state index is 11.7. The van der Waals surface area contributed by atoms with Crippen molar-refractivity contribution in [3.8, 4) is 0 Å².